The number of hydrogen-bond acceptors (Lipinski definition) is 2. The molecule has 0 atom stereocenters. The highest BCUT2D eigenvalue weighted by atomic mass is 16.3. The minimum absolute atomic E-state index is 0.910. The number of hydrogen-bond donors (Lipinski definition) is 0. The molecular formula is C54H36N2O. The summed E-state index contributed by atoms with van der Waals surface area (Å²) in [5, 5.41) is 4.80. The fourth-order valence-electron chi connectivity index (χ4n) is 8.40. The van der Waals surface area contributed by atoms with Gasteiger partial charge in [-0.05, 0) is 118 Å². The van der Waals surface area contributed by atoms with Crippen LogP contribution in [0.15, 0.2) is 223 Å². The van der Waals surface area contributed by atoms with Crippen molar-refractivity contribution < 1.29 is 4.42 Å². The summed E-state index contributed by atoms with van der Waals surface area (Å²) in [5.41, 5.74) is 15.8. The van der Waals surface area contributed by atoms with E-state index in [4.69, 9.17) is 4.42 Å². The van der Waals surface area contributed by atoms with E-state index in [0.717, 1.165) is 44.6 Å². The third-order valence-corrected chi connectivity index (χ3v) is 11.2. The van der Waals surface area contributed by atoms with Crippen LogP contribution in [0.25, 0.3) is 82.8 Å². The van der Waals surface area contributed by atoms with Crippen LogP contribution in [0.1, 0.15) is 0 Å². The highest BCUT2D eigenvalue weighted by Crippen LogP contribution is 2.39. The van der Waals surface area contributed by atoms with Crippen molar-refractivity contribution in [2.45, 2.75) is 0 Å². The Bertz CT molecular complexity index is 3200. The van der Waals surface area contributed by atoms with Crippen LogP contribution in [0.3, 0.4) is 0 Å². The average molecular weight is 729 g/mol. The van der Waals surface area contributed by atoms with E-state index in [1.54, 1.807) is 0 Å². The molecule has 0 saturated carbocycles. The molecule has 0 radical (unpaired) electrons. The van der Waals surface area contributed by atoms with Gasteiger partial charge in [0.2, 0.25) is 0 Å². The van der Waals surface area contributed by atoms with E-state index in [1.165, 1.54) is 55.3 Å². The van der Waals surface area contributed by atoms with E-state index < -0.39 is 0 Å². The molecule has 3 heteroatoms. The minimum atomic E-state index is 0.910. The van der Waals surface area contributed by atoms with Crippen LogP contribution in [-0.2, 0) is 0 Å². The molecule has 0 unspecified atom stereocenters. The van der Waals surface area contributed by atoms with Gasteiger partial charge in [0.15, 0.2) is 0 Å². The molecule has 2 heterocycles. The lowest BCUT2D eigenvalue weighted by molar-refractivity contribution is 0.669. The second-order valence-electron chi connectivity index (χ2n) is 14.6. The zero-order valence-corrected chi connectivity index (χ0v) is 31.1. The van der Waals surface area contributed by atoms with Gasteiger partial charge in [-0.15, -0.1) is 0 Å². The molecule has 268 valence electrons. The number of benzene rings is 9. The predicted molar refractivity (Wildman–Crippen MR) is 239 cm³/mol. The zero-order chi connectivity index (χ0) is 37.7. The molecule has 9 aromatic carbocycles. The summed E-state index contributed by atoms with van der Waals surface area (Å²) < 4.78 is 8.44. The second-order valence-corrected chi connectivity index (χ2v) is 14.6. The van der Waals surface area contributed by atoms with Gasteiger partial charge >= 0.3 is 0 Å². The molecule has 3 nitrogen and oxygen atoms in total. The van der Waals surface area contributed by atoms with Crippen molar-refractivity contribution >= 4 is 60.8 Å². The highest BCUT2D eigenvalue weighted by Gasteiger charge is 2.16. The van der Waals surface area contributed by atoms with Crippen LogP contribution in [0.5, 0.6) is 0 Å². The maximum Gasteiger partial charge on any atom is 0.135 e. The first-order valence-electron chi connectivity index (χ1n) is 19.4. The molecule has 2 aromatic heterocycles. The van der Waals surface area contributed by atoms with Gasteiger partial charge in [0.05, 0.1) is 11.0 Å². The van der Waals surface area contributed by atoms with Gasteiger partial charge in [-0.3, -0.25) is 0 Å². The summed E-state index contributed by atoms with van der Waals surface area (Å²) in [4.78, 5) is 2.31. The fourth-order valence-corrected chi connectivity index (χ4v) is 8.40. The number of aromatic nitrogens is 1. The number of furan rings is 1. The average Bonchev–Trinajstić information content (AvgIpc) is 3.83. The monoisotopic (exact) mass is 728 g/mol. The molecule has 0 saturated heterocycles. The number of rotatable bonds is 7. The van der Waals surface area contributed by atoms with E-state index in [-0.39, 0.29) is 0 Å². The molecule has 0 aliphatic carbocycles. The lowest BCUT2D eigenvalue weighted by atomic mass is 9.98. The van der Waals surface area contributed by atoms with Gasteiger partial charge in [0.25, 0.3) is 0 Å². The Morgan fingerprint density at radius 3 is 1.40 bits per heavy atom. The van der Waals surface area contributed by atoms with Gasteiger partial charge < -0.3 is 13.9 Å². The molecule has 0 amide bonds. The van der Waals surface area contributed by atoms with Crippen LogP contribution in [0.4, 0.5) is 17.1 Å². The van der Waals surface area contributed by atoms with Crippen LogP contribution in [0.2, 0.25) is 0 Å². The van der Waals surface area contributed by atoms with E-state index in [0.29, 0.717) is 0 Å². The Morgan fingerprint density at radius 2 is 0.737 bits per heavy atom. The standard InChI is InChI=1S/C54H36N2O/c1-3-11-43(12-4-1)55(46-31-25-40(26-32-46)42-28-34-54-50(36-42)48-16-8-10-18-53(48)57-54)45-29-23-38(24-30-45)37-19-21-39(22-20-37)41-27-33-52-49(35-41)47-15-7-9-17-51(47)56(52)44-13-5-2-6-14-44/h1-36H. The summed E-state index contributed by atoms with van der Waals surface area (Å²) >= 11 is 0. The van der Waals surface area contributed by atoms with Gasteiger partial charge in [-0.25, -0.2) is 0 Å². The SMILES string of the molecule is c1ccc(N(c2ccc(-c3ccc(-c4ccc5c(c4)c4ccccc4n5-c4ccccc4)cc3)cc2)c2ccc(-c3ccc4oc5ccccc5c4c3)cc2)cc1. The largest absolute Gasteiger partial charge is 0.456 e. The van der Waals surface area contributed by atoms with E-state index in [1.807, 2.05) is 12.1 Å². The predicted octanol–water partition coefficient (Wildman–Crippen LogP) is 15.2. The molecular weight excluding hydrogens is 693 g/mol. The second kappa shape index (κ2) is 13.6. The zero-order valence-electron chi connectivity index (χ0n) is 31.1. The maximum absolute atomic E-state index is 6.08. The number of para-hydroxylation sites is 4. The number of fused-ring (bicyclic) bond motifs is 6. The van der Waals surface area contributed by atoms with Gasteiger partial charge in [-0.2, -0.15) is 0 Å². The lowest BCUT2D eigenvalue weighted by Crippen LogP contribution is -2.09. The van der Waals surface area contributed by atoms with Crippen molar-refractivity contribution in [1.29, 1.82) is 0 Å². The smallest absolute Gasteiger partial charge is 0.135 e. The molecule has 11 aromatic rings. The van der Waals surface area contributed by atoms with Crippen molar-refractivity contribution in [3.8, 4) is 39.1 Å². The lowest BCUT2D eigenvalue weighted by Gasteiger charge is -2.26. The fraction of sp³-hybridized carbons (Fsp3) is 0. The number of nitrogens with zero attached hydrogens (tertiary/aromatic N) is 2. The minimum Gasteiger partial charge on any atom is -0.456 e. The van der Waals surface area contributed by atoms with Crippen molar-refractivity contribution in [3.05, 3.63) is 218 Å². The van der Waals surface area contributed by atoms with E-state index >= 15 is 0 Å². The topological polar surface area (TPSA) is 21.3 Å². The summed E-state index contributed by atoms with van der Waals surface area (Å²) in [5.74, 6) is 0. The van der Waals surface area contributed by atoms with Gasteiger partial charge in [-0.1, -0.05) is 133 Å². The third-order valence-electron chi connectivity index (χ3n) is 11.2. The highest BCUT2D eigenvalue weighted by molar-refractivity contribution is 6.10. The molecule has 0 bridgehead atoms. The van der Waals surface area contributed by atoms with Gasteiger partial charge in [0.1, 0.15) is 11.2 Å². The molecule has 11 rings (SSSR count). The summed E-state index contributed by atoms with van der Waals surface area (Å²) in [7, 11) is 0. The maximum atomic E-state index is 6.08. The van der Waals surface area contributed by atoms with Crippen LogP contribution >= 0.6 is 0 Å². The summed E-state index contributed by atoms with van der Waals surface area (Å²) in [6.07, 6.45) is 0. The van der Waals surface area contributed by atoms with E-state index in [9.17, 15) is 0 Å². The Hall–Kier alpha value is -7.62. The third kappa shape index (κ3) is 5.76. The molecule has 0 aliphatic rings. The van der Waals surface area contributed by atoms with Crippen LogP contribution in [-0.4, -0.2) is 4.57 Å². The molecule has 0 N–H and O–H groups in total. The van der Waals surface area contributed by atoms with Gasteiger partial charge in [0, 0.05) is 44.3 Å². The molecule has 57 heavy (non-hydrogen) atoms. The van der Waals surface area contributed by atoms with Crippen LogP contribution in [0, 0.1) is 0 Å². The summed E-state index contributed by atoms with van der Waals surface area (Å²) in [6.45, 7) is 0. The Labute approximate surface area is 330 Å². The molecule has 0 aliphatic heterocycles. The quantitative estimate of drug-likeness (QED) is 0.163. The Morgan fingerprint density at radius 1 is 0.298 bits per heavy atom. The molecule has 0 spiro atoms. The molecule has 0 fully saturated rings. The first-order valence-corrected chi connectivity index (χ1v) is 19.4. The first kappa shape index (κ1) is 32.8. The Kier molecular flexibility index (Phi) is 7.82. The van der Waals surface area contributed by atoms with Crippen molar-refractivity contribution in [2.75, 3.05) is 4.90 Å². The number of anilines is 3. The van der Waals surface area contributed by atoms with Crippen molar-refractivity contribution in [2.24, 2.45) is 0 Å². The van der Waals surface area contributed by atoms with Crippen molar-refractivity contribution in [1.82, 2.24) is 4.57 Å². The first-order chi connectivity index (χ1) is 28.2. The van der Waals surface area contributed by atoms with Crippen LogP contribution < -0.4 is 4.90 Å². The van der Waals surface area contributed by atoms with Crippen molar-refractivity contribution in [3.63, 3.8) is 0 Å². The summed E-state index contributed by atoms with van der Waals surface area (Å²) in [6, 6.07) is 78.1. The Balaban J connectivity index is 0.884. The normalized spacial score (nSPS) is 11.5. The van der Waals surface area contributed by atoms with E-state index in [2.05, 4.69) is 216 Å².